The van der Waals surface area contributed by atoms with Gasteiger partial charge in [0.25, 0.3) is 0 Å². The molecule has 0 atom stereocenters. The van der Waals surface area contributed by atoms with Gasteiger partial charge in [-0.05, 0) is 11.1 Å². The maximum absolute atomic E-state index is 5.38. The second kappa shape index (κ2) is 10.2. The predicted octanol–water partition coefficient (Wildman–Crippen LogP) is 4.50. The van der Waals surface area contributed by atoms with E-state index in [1.807, 2.05) is 60.7 Å². The van der Waals surface area contributed by atoms with Crippen LogP contribution in [-0.4, -0.2) is 23.9 Å². The van der Waals surface area contributed by atoms with Crippen LogP contribution in [0, 0.1) is 0 Å². The molecule has 0 aromatic heterocycles. The molecule has 0 amide bonds. The normalized spacial score (nSPS) is 10.1. The maximum Gasteiger partial charge on any atom is 2.00 e. The third kappa shape index (κ3) is 5.51. The van der Waals surface area contributed by atoms with Crippen molar-refractivity contribution in [1.29, 1.82) is 0 Å². The Balaban J connectivity index is 0. The molecule has 3 heteroatoms. The van der Waals surface area contributed by atoms with Crippen LogP contribution in [0.1, 0.15) is 26.0 Å². The molecule has 0 aliphatic heterocycles. The Kier molecular flexibility index (Phi) is 11.2. The van der Waals surface area contributed by atoms with E-state index >= 15 is 0 Å². The molecule has 0 heterocycles. The van der Waals surface area contributed by atoms with Gasteiger partial charge >= 0.3 is 23.9 Å². The predicted molar refractivity (Wildman–Crippen MR) is 93.6 cm³/mol. The van der Waals surface area contributed by atoms with Gasteiger partial charge < -0.3 is 25.3 Å². The second-order valence-electron chi connectivity index (χ2n) is 3.39. The topological polar surface area (TPSA) is 0 Å². The summed E-state index contributed by atoms with van der Waals surface area (Å²) in [6.45, 7) is 0. The molecule has 0 N–H and O–H groups in total. The third-order valence-electron chi connectivity index (χ3n) is 2.28. The maximum atomic E-state index is 5.38. The van der Waals surface area contributed by atoms with E-state index < -0.39 is 0 Å². The van der Waals surface area contributed by atoms with Crippen molar-refractivity contribution in [3.63, 3.8) is 0 Å². The van der Waals surface area contributed by atoms with Gasteiger partial charge in [-0.3, -0.25) is 0 Å². The molecule has 0 unspecified atom stereocenters. The molecule has 0 aliphatic carbocycles. The van der Waals surface area contributed by atoms with E-state index in [0.29, 0.717) is 0 Å². The summed E-state index contributed by atoms with van der Waals surface area (Å²) in [4.78, 5) is 1.48. The SMILES string of the molecule is C.C.[S-]/C(=C(\[S-])c1ccccc1)c1ccccc1.[Sn+2]. The van der Waals surface area contributed by atoms with Crippen molar-refractivity contribution in [2.45, 2.75) is 14.9 Å². The minimum Gasteiger partial charge on any atom is -0.781 e. The molecule has 0 saturated carbocycles. The zero-order chi connectivity index (χ0) is 11.4. The van der Waals surface area contributed by atoms with Crippen molar-refractivity contribution in [2.24, 2.45) is 0 Å². The van der Waals surface area contributed by atoms with Crippen LogP contribution in [-0.2, 0) is 25.3 Å². The molecule has 2 aromatic rings. The Hall–Kier alpha value is -0.581. The van der Waals surface area contributed by atoms with Gasteiger partial charge in [0, 0.05) is 0 Å². The number of rotatable bonds is 2. The van der Waals surface area contributed by atoms with Gasteiger partial charge in [-0.15, -0.1) is 0 Å². The summed E-state index contributed by atoms with van der Waals surface area (Å²) in [5.74, 6) is 0. The Morgan fingerprint density at radius 2 is 0.842 bits per heavy atom. The second-order valence-corrected chi connectivity index (χ2v) is 4.21. The van der Waals surface area contributed by atoms with E-state index in [2.05, 4.69) is 0 Å². The van der Waals surface area contributed by atoms with Crippen LogP contribution in [0.4, 0.5) is 0 Å². The Morgan fingerprint density at radius 1 is 0.579 bits per heavy atom. The van der Waals surface area contributed by atoms with Gasteiger partial charge in [-0.25, -0.2) is 0 Å². The fourth-order valence-corrected chi connectivity index (χ4v) is 1.95. The molecular formula is C16H18S2Sn. The van der Waals surface area contributed by atoms with Gasteiger partial charge in [0.05, 0.1) is 0 Å². The van der Waals surface area contributed by atoms with Gasteiger partial charge in [-0.1, -0.05) is 75.5 Å². The van der Waals surface area contributed by atoms with Crippen molar-refractivity contribution in [1.82, 2.24) is 0 Å². The summed E-state index contributed by atoms with van der Waals surface area (Å²) in [5, 5.41) is 0. The van der Waals surface area contributed by atoms with E-state index in [-0.39, 0.29) is 38.8 Å². The largest absolute Gasteiger partial charge is 2.00 e. The molecule has 0 fully saturated rings. The quantitative estimate of drug-likeness (QED) is 0.419. The monoisotopic (exact) mass is 394 g/mol. The Labute approximate surface area is 145 Å². The smallest absolute Gasteiger partial charge is 0.781 e. The fourth-order valence-electron chi connectivity index (χ4n) is 1.44. The first-order chi connectivity index (χ1) is 7.79. The van der Waals surface area contributed by atoms with Crippen LogP contribution in [0.5, 0.6) is 0 Å². The summed E-state index contributed by atoms with van der Waals surface area (Å²) in [5.41, 5.74) is 2.01. The number of hydrogen-bond acceptors (Lipinski definition) is 2. The summed E-state index contributed by atoms with van der Waals surface area (Å²) < 4.78 is 0. The van der Waals surface area contributed by atoms with E-state index in [1.54, 1.807) is 0 Å². The van der Waals surface area contributed by atoms with E-state index in [1.165, 1.54) is 0 Å². The average Bonchev–Trinajstić information content (AvgIpc) is 2.39. The molecule has 0 spiro atoms. The molecule has 98 valence electrons. The zero-order valence-corrected chi connectivity index (χ0v) is 13.6. The van der Waals surface area contributed by atoms with Crippen molar-refractivity contribution in [3.8, 4) is 0 Å². The molecular weight excluding hydrogens is 375 g/mol. The van der Waals surface area contributed by atoms with E-state index in [4.69, 9.17) is 25.3 Å². The van der Waals surface area contributed by atoms with Gasteiger partial charge in [-0.2, -0.15) is 9.81 Å². The average molecular weight is 393 g/mol. The molecule has 0 aliphatic rings. The minimum atomic E-state index is 0. The van der Waals surface area contributed by atoms with Crippen molar-refractivity contribution in [2.75, 3.05) is 0 Å². The molecule has 2 rings (SSSR count). The molecule has 2 aromatic carbocycles. The van der Waals surface area contributed by atoms with Crippen molar-refractivity contribution < 1.29 is 0 Å². The van der Waals surface area contributed by atoms with Crippen LogP contribution >= 0.6 is 0 Å². The summed E-state index contributed by atoms with van der Waals surface area (Å²) in [7, 11) is 0. The van der Waals surface area contributed by atoms with Crippen molar-refractivity contribution in [3.05, 3.63) is 71.8 Å². The summed E-state index contributed by atoms with van der Waals surface area (Å²) >= 11 is 10.8. The molecule has 2 radical (unpaired) electrons. The zero-order valence-electron chi connectivity index (χ0n) is 9.09. The van der Waals surface area contributed by atoms with E-state index in [9.17, 15) is 0 Å². The third-order valence-corrected chi connectivity index (χ3v) is 3.29. The first kappa shape index (κ1) is 20.7. The standard InChI is InChI=1S/C14H12S2.2CH4.Sn/c15-13(11-7-3-1-4-8-11)14(16)12-9-5-2-6-10-12;;;/h1-10,15-16H;2*1H4;/q;;;+2/p-2/b14-13-;;;. The minimum absolute atomic E-state index is 0. The Morgan fingerprint density at radius 3 is 1.11 bits per heavy atom. The molecule has 0 saturated heterocycles. The summed E-state index contributed by atoms with van der Waals surface area (Å²) in [6.07, 6.45) is 0. The van der Waals surface area contributed by atoms with Crippen LogP contribution < -0.4 is 0 Å². The van der Waals surface area contributed by atoms with Crippen molar-refractivity contribution >= 4 is 59.0 Å². The first-order valence-electron chi connectivity index (χ1n) is 4.98. The van der Waals surface area contributed by atoms with Crippen LogP contribution in [0.15, 0.2) is 60.7 Å². The fraction of sp³-hybridized carbons (Fsp3) is 0.125. The van der Waals surface area contributed by atoms with Gasteiger partial charge in [0.15, 0.2) is 0 Å². The van der Waals surface area contributed by atoms with Crippen LogP contribution in [0.25, 0.3) is 9.81 Å². The van der Waals surface area contributed by atoms with E-state index in [0.717, 1.165) is 20.9 Å². The number of benzene rings is 2. The van der Waals surface area contributed by atoms with Crippen LogP contribution in [0.2, 0.25) is 0 Å². The van der Waals surface area contributed by atoms with Gasteiger partial charge in [0.1, 0.15) is 0 Å². The number of hydrogen-bond donors (Lipinski definition) is 0. The molecule has 19 heavy (non-hydrogen) atoms. The van der Waals surface area contributed by atoms with Crippen LogP contribution in [0.3, 0.4) is 0 Å². The first-order valence-corrected chi connectivity index (χ1v) is 5.80. The molecule has 0 bridgehead atoms. The Bertz CT molecular complexity index is 445. The van der Waals surface area contributed by atoms with Gasteiger partial charge in [0.2, 0.25) is 0 Å². The summed E-state index contributed by atoms with van der Waals surface area (Å²) in [6, 6.07) is 19.7. The molecule has 0 nitrogen and oxygen atoms in total.